The normalized spacial score (nSPS) is 10.3. The van der Waals surface area contributed by atoms with Gasteiger partial charge in [0.1, 0.15) is 5.75 Å². The van der Waals surface area contributed by atoms with Crippen molar-refractivity contribution in [3.8, 4) is 34.5 Å². The molecule has 0 aromatic heterocycles. The van der Waals surface area contributed by atoms with Gasteiger partial charge in [-0.25, -0.2) is 0 Å². The minimum atomic E-state index is -0.576. The summed E-state index contributed by atoms with van der Waals surface area (Å²) in [6, 6.07) is 21.4. The van der Waals surface area contributed by atoms with E-state index < -0.39 is 11.8 Å². The van der Waals surface area contributed by atoms with Crippen LogP contribution in [-0.2, 0) is 6.54 Å². The first kappa shape index (κ1) is 33.0. The first-order valence-electron chi connectivity index (χ1n) is 13.9. The summed E-state index contributed by atoms with van der Waals surface area (Å²) in [4.78, 5) is 41.0. The largest absolute Gasteiger partial charge is 0.497 e. The van der Waals surface area contributed by atoms with Gasteiger partial charge in [0.15, 0.2) is 23.0 Å². The fourth-order valence-corrected chi connectivity index (χ4v) is 4.57. The van der Waals surface area contributed by atoms with Gasteiger partial charge in [-0.2, -0.15) is 0 Å². The number of methoxy groups -OCH3 is 6. The number of hydrogen-bond donors (Lipinski definition) is 2. The Morgan fingerprint density at radius 3 is 1.59 bits per heavy atom. The average molecular weight is 630 g/mol. The number of rotatable bonds is 12. The Kier molecular flexibility index (Phi) is 10.9. The zero-order valence-electron chi connectivity index (χ0n) is 26.3. The topological polar surface area (TPSA) is 134 Å². The number of hydrazine groups is 1. The summed E-state index contributed by atoms with van der Waals surface area (Å²) in [6.07, 6.45) is 0. The van der Waals surface area contributed by atoms with E-state index in [1.807, 2.05) is 24.3 Å². The molecule has 2 N–H and O–H groups in total. The molecule has 46 heavy (non-hydrogen) atoms. The number of nitrogens with zero attached hydrogens (tertiary/aromatic N) is 1. The van der Waals surface area contributed by atoms with Crippen molar-refractivity contribution >= 4 is 23.4 Å². The number of ether oxygens (including phenoxy) is 6. The minimum absolute atomic E-state index is 0.200. The molecule has 0 aliphatic carbocycles. The van der Waals surface area contributed by atoms with Crippen LogP contribution < -0.4 is 44.2 Å². The monoisotopic (exact) mass is 629 g/mol. The van der Waals surface area contributed by atoms with Gasteiger partial charge in [-0.05, 0) is 60.2 Å². The number of carbonyl (C=O) groups is 3. The average Bonchev–Trinajstić information content (AvgIpc) is 3.11. The molecule has 0 fully saturated rings. The molecule has 0 radical (unpaired) electrons. The Morgan fingerprint density at radius 2 is 1.07 bits per heavy atom. The van der Waals surface area contributed by atoms with E-state index in [4.69, 9.17) is 28.4 Å². The lowest BCUT2D eigenvalue weighted by Crippen LogP contribution is -2.41. The minimum Gasteiger partial charge on any atom is -0.497 e. The molecule has 12 nitrogen and oxygen atoms in total. The fraction of sp³-hybridized carbons (Fsp3) is 0.206. The lowest BCUT2D eigenvalue weighted by molar-refractivity contribution is 0.0846. The van der Waals surface area contributed by atoms with Gasteiger partial charge >= 0.3 is 0 Å². The van der Waals surface area contributed by atoms with Crippen molar-refractivity contribution < 1.29 is 42.8 Å². The van der Waals surface area contributed by atoms with Crippen molar-refractivity contribution in [1.29, 1.82) is 0 Å². The Bertz CT molecular complexity index is 1660. The zero-order valence-corrected chi connectivity index (χ0v) is 26.3. The highest BCUT2D eigenvalue weighted by Crippen LogP contribution is 2.41. The van der Waals surface area contributed by atoms with Crippen LogP contribution in [0.3, 0.4) is 0 Å². The molecule has 240 valence electrons. The van der Waals surface area contributed by atoms with E-state index in [0.29, 0.717) is 45.7 Å². The predicted octanol–water partition coefficient (Wildman–Crippen LogP) is 4.66. The van der Waals surface area contributed by atoms with E-state index >= 15 is 0 Å². The van der Waals surface area contributed by atoms with Crippen LogP contribution in [0.25, 0.3) is 0 Å². The maximum Gasteiger partial charge on any atom is 0.269 e. The highest BCUT2D eigenvalue weighted by molar-refractivity contribution is 6.07. The number of anilines is 1. The lowest BCUT2D eigenvalue weighted by Gasteiger charge is -2.25. The van der Waals surface area contributed by atoms with E-state index in [-0.39, 0.29) is 23.6 Å². The van der Waals surface area contributed by atoms with Crippen LogP contribution in [0.15, 0.2) is 78.9 Å². The predicted molar refractivity (Wildman–Crippen MR) is 171 cm³/mol. The third-order valence-corrected chi connectivity index (χ3v) is 7.04. The van der Waals surface area contributed by atoms with Gasteiger partial charge in [0.2, 0.25) is 5.75 Å². The smallest absolute Gasteiger partial charge is 0.269 e. The van der Waals surface area contributed by atoms with E-state index in [0.717, 1.165) is 5.56 Å². The Labute approximate surface area is 266 Å². The van der Waals surface area contributed by atoms with Crippen LogP contribution in [0.1, 0.15) is 36.6 Å². The molecule has 0 aliphatic rings. The van der Waals surface area contributed by atoms with Gasteiger partial charge in [0, 0.05) is 28.8 Å². The second-order valence-electron chi connectivity index (χ2n) is 9.68. The van der Waals surface area contributed by atoms with Crippen molar-refractivity contribution in [2.45, 2.75) is 6.54 Å². The molecule has 0 atom stereocenters. The molecule has 4 aromatic rings. The highest BCUT2D eigenvalue weighted by atomic mass is 16.5. The molecule has 12 heteroatoms. The number of hydrogen-bond acceptors (Lipinski definition) is 9. The molecule has 0 saturated carbocycles. The molecule has 4 aromatic carbocycles. The van der Waals surface area contributed by atoms with Gasteiger partial charge < -0.3 is 33.3 Å². The van der Waals surface area contributed by atoms with E-state index in [9.17, 15) is 14.4 Å². The van der Waals surface area contributed by atoms with Crippen molar-refractivity contribution in [2.75, 3.05) is 47.6 Å². The summed E-state index contributed by atoms with van der Waals surface area (Å²) >= 11 is 0. The summed E-state index contributed by atoms with van der Waals surface area (Å²) in [5.41, 5.74) is 6.88. The molecule has 0 heterocycles. The molecular weight excluding hydrogens is 594 g/mol. The van der Waals surface area contributed by atoms with E-state index in [1.54, 1.807) is 30.2 Å². The maximum absolute atomic E-state index is 14.0. The van der Waals surface area contributed by atoms with E-state index in [1.165, 1.54) is 71.9 Å². The molecule has 0 bridgehead atoms. The zero-order chi connectivity index (χ0) is 33.2. The van der Waals surface area contributed by atoms with Crippen molar-refractivity contribution in [3.63, 3.8) is 0 Å². The second-order valence-corrected chi connectivity index (χ2v) is 9.68. The lowest BCUT2D eigenvalue weighted by atomic mass is 10.1. The van der Waals surface area contributed by atoms with Gasteiger partial charge in [-0.3, -0.25) is 25.2 Å². The number of nitrogens with one attached hydrogen (secondary N) is 2. The first-order chi connectivity index (χ1) is 22.3. The third-order valence-electron chi connectivity index (χ3n) is 7.04. The Balaban J connectivity index is 1.56. The Hall–Kier alpha value is -5.91. The third kappa shape index (κ3) is 7.41. The fourth-order valence-electron chi connectivity index (χ4n) is 4.57. The highest BCUT2D eigenvalue weighted by Gasteiger charge is 2.23. The van der Waals surface area contributed by atoms with Crippen molar-refractivity contribution in [3.05, 3.63) is 101 Å². The van der Waals surface area contributed by atoms with Crippen molar-refractivity contribution in [2.24, 2.45) is 0 Å². The maximum atomic E-state index is 14.0. The molecule has 3 amide bonds. The molecule has 4 rings (SSSR count). The van der Waals surface area contributed by atoms with Gasteiger partial charge in [0.25, 0.3) is 17.7 Å². The quantitative estimate of drug-likeness (QED) is 0.215. The Morgan fingerprint density at radius 1 is 0.543 bits per heavy atom. The molecule has 0 aliphatic heterocycles. The standard InChI is InChI=1S/C34H35N3O9/c1-41-26-14-7-21(8-15-26)20-37(25-18-29(44-4)31(46-6)30(19-25)45-5)34(40)23-11-9-22(10-12-23)32(38)35-36-33(39)24-13-16-27(42-2)28(17-24)43-3/h7-19H,20H2,1-6H3,(H,35,38)(H,36,39). The van der Waals surface area contributed by atoms with Crippen LogP contribution in [0.2, 0.25) is 0 Å². The molecule has 0 spiro atoms. The summed E-state index contributed by atoms with van der Waals surface area (Å²) in [7, 11) is 9.02. The van der Waals surface area contributed by atoms with Crippen LogP contribution in [0.4, 0.5) is 5.69 Å². The summed E-state index contributed by atoms with van der Waals surface area (Å²) < 4.78 is 32.2. The number of amides is 3. The van der Waals surface area contributed by atoms with Gasteiger partial charge in [0.05, 0.1) is 54.9 Å². The number of benzene rings is 4. The van der Waals surface area contributed by atoms with Crippen LogP contribution in [0.5, 0.6) is 34.5 Å². The van der Waals surface area contributed by atoms with Crippen molar-refractivity contribution in [1.82, 2.24) is 10.9 Å². The van der Waals surface area contributed by atoms with Crippen LogP contribution >= 0.6 is 0 Å². The number of carbonyl (C=O) groups excluding carboxylic acids is 3. The van der Waals surface area contributed by atoms with Gasteiger partial charge in [-0.15, -0.1) is 0 Å². The summed E-state index contributed by atoms with van der Waals surface area (Å²) in [5, 5.41) is 0. The second kappa shape index (κ2) is 15.2. The summed E-state index contributed by atoms with van der Waals surface area (Å²) in [6.45, 7) is 0.200. The SMILES string of the molecule is COc1ccc(CN(C(=O)c2ccc(C(=O)NNC(=O)c3ccc(OC)c(OC)c3)cc2)c2cc(OC)c(OC)c(OC)c2)cc1. The molecule has 0 unspecified atom stereocenters. The first-order valence-corrected chi connectivity index (χ1v) is 13.9. The van der Waals surface area contributed by atoms with Crippen LogP contribution in [-0.4, -0.2) is 60.4 Å². The molecule has 0 saturated heterocycles. The van der Waals surface area contributed by atoms with Gasteiger partial charge in [-0.1, -0.05) is 12.1 Å². The van der Waals surface area contributed by atoms with Crippen LogP contribution in [0, 0.1) is 0 Å². The summed E-state index contributed by atoms with van der Waals surface area (Å²) in [5.74, 6) is 1.19. The molecular formula is C34H35N3O9. The van der Waals surface area contributed by atoms with E-state index in [2.05, 4.69) is 10.9 Å².